The van der Waals surface area contributed by atoms with Crippen molar-refractivity contribution in [1.82, 2.24) is 10.2 Å². The third-order valence-corrected chi connectivity index (χ3v) is 3.74. The van der Waals surface area contributed by atoms with Gasteiger partial charge in [0.25, 0.3) is 0 Å². The van der Waals surface area contributed by atoms with Crippen molar-refractivity contribution in [2.24, 2.45) is 0 Å². The number of hydrogen-bond acceptors (Lipinski definition) is 3. The highest BCUT2D eigenvalue weighted by Gasteiger charge is 2.37. The molecule has 2 rings (SSSR count). The van der Waals surface area contributed by atoms with Crippen molar-refractivity contribution in [3.05, 3.63) is 29.8 Å². The highest BCUT2D eigenvalue weighted by atomic mass is 16.5. The lowest BCUT2D eigenvalue weighted by Gasteiger charge is -2.27. The summed E-state index contributed by atoms with van der Waals surface area (Å²) < 4.78 is 5.10. The Kier molecular flexibility index (Phi) is 4.83. The SMILES string of the molecule is COc1ccc(CNC(=O)C2CCC(=O)N2C(C)C)cc1. The number of amides is 2. The Morgan fingerprint density at radius 1 is 1.38 bits per heavy atom. The van der Waals surface area contributed by atoms with E-state index >= 15 is 0 Å². The van der Waals surface area contributed by atoms with Crippen LogP contribution in [0.25, 0.3) is 0 Å². The molecule has 0 spiro atoms. The van der Waals surface area contributed by atoms with Crippen LogP contribution in [0.1, 0.15) is 32.3 Å². The lowest BCUT2D eigenvalue weighted by atomic mass is 10.1. The molecule has 1 aliphatic rings. The fraction of sp³-hybridized carbons (Fsp3) is 0.500. The molecular weight excluding hydrogens is 268 g/mol. The molecule has 0 bridgehead atoms. The van der Waals surface area contributed by atoms with Gasteiger partial charge in [-0.2, -0.15) is 0 Å². The quantitative estimate of drug-likeness (QED) is 0.898. The van der Waals surface area contributed by atoms with Crippen LogP contribution in [0.2, 0.25) is 0 Å². The van der Waals surface area contributed by atoms with E-state index in [1.807, 2.05) is 38.1 Å². The van der Waals surface area contributed by atoms with Gasteiger partial charge in [0.05, 0.1) is 7.11 Å². The van der Waals surface area contributed by atoms with Gasteiger partial charge in [-0.05, 0) is 38.0 Å². The van der Waals surface area contributed by atoms with E-state index in [1.54, 1.807) is 12.0 Å². The first-order valence-electron chi connectivity index (χ1n) is 7.24. The minimum Gasteiger partial charge on any atom is -0.497 e. The number of likely N-dealkylation sites (tertiary alicyclic amines) is 1. The second kappa shape index (κ2) is 6.61. The fourth-order valence-corrected chi connectivity index (χ4v) is 2.66. The molecule has 0 saturated carbocycles. The lowest BCUT2D eigenvalue weighted by molar-refractivity contribution is -0.137. The van der Waals surface area contributed by atoms with Gasteiger partial charge in [-0.15, -0.1) is 0 Å². The summed E-state index contributed by atoms with van der Waals surface area (Å²) in [6.07, 6.45) is 1.06. The van der Waals surface area contributed by atoms with Crippen molar-refractivity contribution in [2.75, 3.05) is 7.11 Å². The van der Waals surface area contributed by atoms with Crippen molar-refractivity contribution in [1.29, 1.82) is 0 Å². The molecular formula is C16H22N2O3. The Morgan fingerprint density at radius 2 is 2.05 bits per heavy atom. The van der Waals surface area contributed by atoms with Crippen molar-refractivity contribution < 1.29 is 14.3 Å². The molecule has 1 aliphatic heterocycles. The second-order valence-electron chi connectivity index (χ2n) is 5.52. The molecule has 1 saturated heterocycles. The first kappa shape index (κ1) is 15.4. The van der Waals surface area contributed by atoms with Crippen molar-refractivity contribution in [3.8, 4) is 5.75 Å². The molecule has 5 nitrogen and oxygen atoms in total. The predicted molar refractivity (Wildman–Crippen MR) is 79.8 cm³/mol. The van der Waals surface area contributed by atoms with Gasteiger partial charge < -0.3 is 15.0 Å². The lowest BCUT2D eigenvalue weighted by Crippen LogP contribution is -2.47. The Balaban J connectivity index is 1.93. The van der Waals surface area contributed by atoms with Crippen LogP contribution < -0.4 is 10.1 Å². The van der Waals surface area contributed by atoms with Gasteiger partial charge in [-0.1, -0.05) is 12.1 Å². The highest BCUT2D eigenvalue weighted by molar-refractivity contribution is 5.91. The number of ether oxygens (including phenoxy) is 1. The zero-order valence-electron chi connectivity index (χ0n) is 12.8. The molecule has 21 heavy (non-hydrogen) atoms. The first-order chi connectivity index (χ1) is 10.0. The van der Waals surface area contributed by atoms with Crippen LogP contribution in [0.4, 0.5) is 0 Å². The smallest absolute Gasteiger partial charge is 0.243 e. The Bertz CT molecular complexity index is 511. The Morgan fingerprint density at radius 3 is 2.62 bits per heavy atom. The maximum absolute atomic E-state index is 12.3. The van der Waals surface area contributed by atoms with Crippen LogP contribution >= 0.6 is 0 Å². The number of carbonyl (C=O) groups is 2. The van der Waals surface area contributed by atoms with Gasteiger partial charge in [0, 0.05) is 19.0 Å². The molecule has 1 heterocycles. The van der Waals surface area contributed by atoms with Gasteiger partial charge in [0.1, 0.15) is 11.8 Å². The first-order valence-corrected chi connectivity index (χ1v) is 7.24. The molecule has 1 atom stereocenters. The predicted octanol–water partition coefficient (Wildman–Crippen LogP) is 1.71. The van der Waals surface area contributed by atoms with E-state index in [0.29, 0.717) is 19.4 Å². The van der Waals surface area contributed by atoms with Crippen LogP contribution in [-0.4, -0.2) is 35.9 Å². The number of nitrogens with one attached hydrogen (secondary N) is 1. The third kappa shape index (κ3) is 3.54. The number of rotatable bonds is 5. The van der Waals surface area contributed by atoms with E-state index in [-0.39, 0.29) is 23.9 Å². The normalized spacial score (nSPS) is 18.2. The fourth-order valence-electron chi connectivity index (χ4n) is 2.66. The zero-order chi connectivity index (χ0) is 15.4. The summed E-state index contributed by atoms with van der Waals surface area (Å²) in [5.41, 5.74) is 1.00. The number of nitrogens with zero attached hydrogens (tertiary/aromatic N) is 1. The van der Waals surface area contributed by atoms with Crippen molar-refractivity contribution >= 4 is 11.8 Å². The molecule has 5 heteroatoms. The molecule has 1 unspecified atom stereocenters. The highest BCUT2D eigenvalue weighted by Crippen LogP contribution is 2.21. The summed E-state index contributed by atoms with van der Waals surface area (Å²) in [4.78, 5) is 25.8. The summed E-state index contributed by atoms with van der Waals surface area (Å²) in [6, 6.07) is 7.27. The summed E-state index contributed by atoms with van der Waals surface area (Å²) in [6.45, 7) is 4.33. The van der Waals surface area contributed by atoms with Gasteiger partial charge >= 0.3 is 0 Å². The van der Waals surface area contributed by atoms with Gasteiger partial charge in [-0.25, -0.2) is 0 Å². The summed E-state index contributed by atoms with van der Waals surface area (Å²) in [5.74, 6) is 0.775. The minimum absolute atomic E-state index is 0.0525. The maximum atomic E-state index is 12.3. The zero-order valence-corrected chi connectivity index (χ0v) is 12.8. The summed E-state index contributed by atoms with van der Waals surface area (Å²) in [7, 11) is 1.62. The third-order valence-electron chi connectivity index (χ3n) is 3.74. The van der Waals surface area contributed by atoms with E-state index in [1.165, 1.54) is 0 Å². The molecule has 1 fully saturated rings. The number of hydrogen-bond donors (Lipinski definition) is 1. The van der Waals surface area contributed by atoms with E-state index < -0.39 is 0 Å². The van der Waals surface area contributed by atoms with Crippen LogP contribution in [0.5, 0.6) is 5.75 Å². The monoisotopic (exact) mass is 290 g/mol. The molecule has 0 aliphatic carbocycles. The van der Waals surface area contributed by atoms with E-state index in [9.17, 15) is 9.59 Å². The molecule has 0 aromatic heterocycles. The Labute approximate surface area is 125 Å². The molecule has 1 aromatic carbocycles. The molecule has 1 aromatic rings. The molecule has 0 radical (unpaired) electrons. The minimum atomic E-state index is -0.337. The van der Waals surface area contributed by atoms with Crippen LogP contribution in [-0.2, 0) is 16.1 Å². The van der Waals surface area contributed by atoms with E-state index in [0.717, 1.165) is 11.3 Å². The Hall–Kier alpha value is -2.04. The second-order valence-corrected chi connectivity index (χ2v) is 5.52. The number of benzene rings is 1. The largest absolute Gasteiger partial charge is 0.497 e. The number of methoxy groups -OCH3 is 1. The van der Waals surface area contributed by atoms with Crippen LogP contribution in [0.15, 0.2) is 24.3 Å². The van der Waals surface area contributed by atoms with Gasteiger partial charge in [0.15, 0.2) is 0 Å². The van der Waals surface area contributed by atoms with E-state index in [4.69, 9.17) is 4.74 Å². The van der Waals surface area contributed by atoms with Crippen LogP contribution in [0, 0.1) is 0 Å². The summed E-state index contributed by atoms with van der Waals surface area (Å²) >= 11 is 0. The topological polar surface area (TPSA) is 58.6 Å². The van der Waals surface area contributed by atoms with Gasteiger partial charge in [0.2, 0.25) is 11.8 Å². The molecule has 2 amide bonds. The van der Waals surface area contributed by atoms with Crippen LogP contribution in [0.3, 0.4) is 0 Å². The van der Waals surface area contributed by atoms with Gasteiger partial charge in [-0.3, -0.25) is 9.59 Å². The summed E-state index contributed by atoms with van der Waals surface area (Å²) in [5, 5.41) is 2.91. The maximum Gasteiger partial charge on any atom is 0.243 e. The molecule has 1 N–H and O–H groups in total. The van der Waals surface area contributed by atoms with E-state index in [2.05, 4.69) is 5.32 Å². The van der Waals surface area contributed by atoms with Crippen molar-refractivity contribution in [3.63, 3.8) is 0 Å². The van der Waals surface area contributed by atoms with Crippen molar-refractivity contribution in [2.45, 2.75) is 45.3 Å². The average molecular weight is 290 g/mol. The molecule has 114 valence electrons. The standard InChI is InChI=1S/C16H22N2O3/c1-11(2)18-14(8-9-15(18)19)16(20)17-10-12-4-6-13(21-3)7-5-12/h4-7,11,14H,8-10H2,1-3H3,(H,17,20). The number of carbonyl (C=O) groups excluding carboxylic acids is 2. The average Bonchev–Trinajstić information content (AvgIpc) is 2.87.